The van der Waals surface area contributed by atoms with Gasteiger partial charge < -0.3 is 15.2 Å². The molecule has 0 radical (unpaired) electrons. The van der Waals surface area contributed by atoms with Crippen molar-refractivity contribution in [1.29, 1.82) is 0 Å². The van der Waals surface area contributed by atoms with E-state index in [4.69, 9.17) is 9.84 Å². The molecule has 1 aliphatic carbocycles. The Morgan fingerprint density at radius 3 is 2.58 bits per heavy atom. The van der Waals surface area contributed by atoms with Crippen molar-refractivity contribution in [1.82, 2.24) is 0 Å². The van der Waals surface area contributed by atoms with Crippen LogP contribution < -0.4 is 10.1 Å². The average molecular weight is 357 g/mol. The van der Waals surface area contributed by atoms with Crippen molar-refractivity contribution >= 4 is 17.6 Å². The van der Waals surface area contributed by atoms with E-state index in [1.807, 2.05) is 18.2 Å². The van der Waals surface area contributed by atoms with Crippen LogP contribution in [-0.2, 0) is 28.9 Å². The molecular formula is C20H20FNO4. The minimum Gasteiger partial charge on any atom is -0.484 e. The monoisotopic (exact) mass is 357 g/mol. The summed E-state index contributed by atoms with van der Waals surface area (Å²) in [6.45, 7) is -0.183. The maximum absolute atomic E-state index is 13.8. The summed E-state index contributed by atoms with van der Waals surface area (Å²) in [5, 5.41) is 11.2. The van der Waals surface area contributed by atoms with Crippen molar-refractivity contribution in [2.24, 2.45) is 0 Å². The maximum atomic E-state index is 13.8. The van der Waals surface area contributed by atoms with Crippen molar-refractivity contribution < 1.29 is 23.8 Å². The number of carbonyl (C=O) groups is 2. The van der Waals surface area contributed by atoms with E-state index in [2.05, 4.69) is 5.32 Å². The van der Waals surface area contributed by atoms with Gasteiger partial charge in [-0.05, 0) is 66.6 Å². The number of anilines is 1. The van der Waals surface area contributed by atoms with Gasteiger partial charge in [0.15, 0.2) is 6.61 Å². The van der Waals surface area contributed by atoms with E-state index in [0.717, 1.165) is 18.9 Å². The number of hydrogen-bond donors (Lipinski definition) is 2. The zero-order valence-corrected chi connectivity index (χ0v) is 14.3. The Bertz CT molecular complexity index is 835. The van der Waals surface area contributed by atoms with Gasteiger partial charge in [0.2, 0.25) is 0 Å². The number of ether oxygens (including phenoxy) is 1. The molecule has 0 saturated carbocycles. The summed E-state index contributed by atoms with van der Waals surface area (Å²) in [5.74, 6) is -1.54. The number of aryl methyl sites for hydroxylation is 2. The van der Waals surface area contributed by atoms with Gasteiger partial charge in [-0.15, -0.1) is 0 Å². The van der Waals surface area contributed by atoms with Crippen LogP contribution >= 0.6 is 0 Å². The first-order chi connectivity index (χ1) is 12.5. The second-order valence-corrected chi connectivity index (χ2v) is 6.35. The van der Waals surface area contributed by atoms with Crippen LogP contribution in [0.2, 0.25) is 0 Å². The van der Waals surface area contributed by atoms with E-state index in [1.54, 1.807) is 0 Å². The third-order valence-corrected chi connectivity index (χ3v) is 4.37. The molecule has 2 aromatic rings. The Morgan fingerprint density at radius 1 is 1.08 bits per heavy atom. The van der Waals surface area contributed by atoms with E-state index < -0.39 is 24.1 Å². The molecule has 0 spiro atoms. The standard InChI is InChI=1S/C20H20FNO4/c21-18-11-16(7-5-15(18)10-20(24)25)22-19(23)12-26-17-8-6-13-3-1-2-4-14(13)9-17/h5-9,11H,1-4,10,12H2,(H,22,23)(H,24,25). The molecule has 0 aliphatic heterocycles. The number of amides is 1. The fraction of sp³-hybridized carbons (Fsp3) is 0.300. The lowest BCUT2D eigenvalue weighted by molar-refractivity contribution is -0.136. The van der Waals surface area contributed by atoms with Gasteiger partial charge in [0, 0.05) is 5.69 Å². The summed E-state index contributed by atoms with van der Waals surface area (Å²) in [6.07, 6.45) is 4.08. The molecule has 0 aromatic heterocycles. The maximum Gasteiger partial charge on any atom is 0.307 e. The summed E-state index contributed by atoms with van der Waals surface area (Å²) in [7, 11) is 0. The zero-order chi connectivity index (χ0) is 18.5. The van der Waals surface area contributed by atoms with Crippen LogP contribution in [0.4, 0.5) is 10.1 Å². The van der Waals surface area contributed by atoms with Gasteiger partial charge in [-0.2, -0.15) is 0 Å². The topological polar surface area (TPSA) is 75.6 Å². The summed E-state index contributed by atoms with van der Waals surface area (Å²) < 4.78 is 19.4. The van der Waals surface area contributed by atoms with E-state index >= 15 is 0 Å². The highest BCUT2D eigenvalue weighted by atomic mass is 19.1. The normalized spacial score (nSPS) is 13.0. The van der Waals surface area contributed by atoms with Crippen molar-refractivity contribution in [3.63, 3.8) is 0 Å². The van der Waals surface area contributed by atoms with Crippen molar-refractivity contribution in [2.75, 3.05) is 11.9 Å². The molecule has 0 heterocycles. The average Bonchev–Trinajstić information content (AvgIpc) is 2.62. The minimum atomic E-state index is -1.11. The van der Waals surface area contributed by atoms with Crippen molar-refractivity contribution in [3.8, 4) is 5.75 Å². The number of nitrogens with one attached hydrogen (secondary N) is 1. The second kappa shape index (κ2) is 7.99. The van der Waals surface area contributed by atoms with Gasteiger partial charge in [0.05, 0.1) is 6.42 Å². The first kappa shape index (κ1) is 17.9. The molecule has 0 saturated heterocycles. The fourth-order valence-electron chi connectivity index (χ4n) is 3.08. The number of carboxylic acid groups (broad SMARTS) is 1. The smallest absolute Gasteiger partial charge is 0.307 e. The minimum absolute atomic E-state index is 0.0702. The molecule has 136 valence electrons. The van der Waals surface area contributed by atoms with E-state index in [0.29, 0.717) is 5.75 Å². The van der Waals surface area contributed by atoms with Crippen LogP contribution in [0, 0.1) is 5.82 Å². The second-order valence-electron chi connectivity index (χ2n) is 6.35. The first-order valence-corrected chi connectivity index (χ1v) is 8.56. The molecule has 1 amide bonds. The zero-order valence-electron chi connectivity index (χ0n) is 14.3. The van der Waals surface area contributed by atoms with Crippen LogP contribution in [0.25, 0.3) is 0 Å². The molecule has 26 heavy (non-hydrogen) atoms. The summed E-state index contributed by atoms with van der Waals surface area (Å²) in [4.78, 5) is 22.6. The molecule has 0 atom stereocenters. The molecule has 2 N–H and O–H groups in total. The van der Waals surface area contributed by atoms with E-state index in [9.17, 15) is 14.0 Å². The largest absolute Gasteiger partial charge is 0.484 e. The summed E-state index contributed by atoms with van der Waals surface area (Å²) >= 11 is 0. The number of rotatable bonds is 6. The summed E-state index contributed by atoms with van der Waals surface area (Å²) in [5.41, 5.74) is 2.94. The van der Waals surface area contributed by atoms with Crippen LogP contribution in [-0.4, -0.2) is 23.6 Å². The van der Waals surface area contributed by atoms with Crippen LogP contribution in [0.5, 0.6) is 5.75 Å². The van der Waals surface area contributed by atoms with Crippen LogP contribution in [0.3, 0.4) is 0 Å². The molecule has 6 heteroatoms. The molecule has 0 unspecified atom stereocenters. The number of fused-ring (bicyclic) bond motifs is 1. The molecular weight excluding hydrogens is 337 g/mol. The Labute approximate surface area is 150 Å². The molecule has 0 fully saturated rings. The molecule has 0 bridgehead atoms. The van der Waals surface area contributed by atoms with Gasteiger partial charge in [-0.1, -0.05) is 12.1 Å². The van der Waals surface area contributed by atoms with Gasteiger partial charge in [0.1, 0.15) is 11.6 Å². The van der Waals surface area contributed by atoms with Crippen molar-refractivity contribution in [3.05, 3.63) is 58.9 Å². The van der Waals surface area contributed by atoms with E-state index in [1.165, 1.54) is 36.1 Å². The highest BCUT2D eigenvalue weighted by Gasteiger charge is 2.12. The lowest BCUT2D eigenvalue weighted by atomic mass is 9.92. The quantitative estimate of drug-likeness (QED) is 0.831. The van der Waals surface area contributed by atoms with Crippen LogP contribution in [0.15, 0.2) is 36.4 Å². The predicted octanol–water partition coefficient (Wildman–Crippen LogP) is 3.35. The van der Waals surface area contributed by atoms with Gasteiger partial charge in [-0.3, -0.25) is 9.59 Å². The Kier molecular flexibility index (Phi) is 5.51. The highest BCUT2D eigenvalue weighted by Crippen LogP contribution is 2.25. The predicted molar refractivity (Wildman–Crippen MR) is 94.9 cm³/mol. The van der Waals surface area contributed by atoms with Crippen molar-refractivity contribution in [2.45, 2.75) is 32.1 Å². The number of aliphatic carboxylic acids is 1. The van der Waals surface area contributed by atoms with Gasteiger partial charge >= 0.3 is 5.97 Å². The fourth-order valence-corrected chi connectivity index (χ4v) is 3.08. The lowest BCUT2D eigenvalue weighted by Gasteiger charge is -2.16. The highest BCUT2D eigenvalue weighted by molar-refractivity contribution is 5.91. The molecule has 1 aliphatic rings. The van der Waals surface area contributed by atoms with Gasteiger partial charge in [0.25, 0.3) is 5.91 Å². The lowest BCUT2D eigenvalue weighted by Crippen LogP contribution is -2.20. The SMILES string of the molecule is O=C(O)Cc1ccc(NC(=O)COc2ccc3c(c2)CCCC3)cc1F. The number of benzene rings is 2. The number of carbonyl (C=O) groups excluding carboxylic acids is 1. The summed E-state index contributed by atoms with van der Waals surface area (Å²) in [6, 6.07) is 9.80. The number of halogens is 1. The van der Waals surface area contributed by atoms with E-state index in [-0.39, 0.29) is 17.9 Å². The first-order valence-electron chi connectivity index (χ1n) is 8.56. The molecule has 3 rings (SSSR count). The Morgan fingerprint density at radius 2 is 1.85 bits per heavy atom. The Hall–Kier alpha value is -2.89. The Balaban J connectivity index is 1.56. The van der Waals surface area contributed by atoms with Crippen LogP contribution in [0.1, 0.15) is 29.5 Å². The number of carboxylic acids is 1. The number of hydrogen-bond acceptors (Lipinski definition) is 3. The third-order valence-electron chi connectivity index (χ3n) is 4.37. The third kappa shape index (κ3) is 4.59. The molecule has 5 nitrogen and oxygen atoms in total. The van der Waals surface area contributed by atoms with Gasteiger partial charge in [-0.25, -0.2) is 4.39 Å². The molecule has 2 aromatic carbocycles.